The summed E-state index contributed by atoms with van der Waals surface area (Å²) >= 11 is 0. The number of rotatable bonds is 5. The van der Waals surface area contributed by atoms with E-state index in [1.54, 1.807) is 4.31 Å². The molecule has 0 spiro atoms. The lowest BCUT2D eigenvalue weighted by Gasteiger charge is -2.37. The second-order valence-corrected chi connectivity index (χ2v) is 10.1. The number of nitrogens with zero attached hydrogens (tertiary/aromatic N) is 1. The maximum absolute atomic E-state index is 12.3. The summed E-state index contributed by atoms with van der Waals surface area (Å²) in [5.74, 6) is 0.194. The van der Waals surface area contributed by atoms with Crippen LogP contribution in [0.3, 0.4) is 0 Å². The van der Waals surface area contributed by atoms with Crippen LogP contribution < -0.4 is 0 Å². The third kappa shape index (κ3) is 3.13. The normalized spacial score (nSPS) is 32.6. The molecule has 2 bridgehead atoms. The number of hydrogen-bond acceptors (Lipinski definition) is 4. The van der Waals surface area contributed by atoms with E-state index in [-0.39, 0.29) is 23.1 Å². The molecule has 0 aromatic heterocycles. The Bertz CT molecular complexity index is 512. The van der Waals surface area contributed by atoms with Gasteiger partial charge in [0.2, 0.25) is 10.0 Å². The summed E-state index contributed by atoms with van der Waals surface area (Å²) in [6.45, 7) is 1.97. The Morgan fingerprint density at radius 3 is 2.00 bits per heavy atom. The summed E-state index contributed by atoms with van der Waals surface area (Å²) in [6.07, 6.45) is 5.35. The minimum Gasteiger partial charge on any atom is -0.229 e. The Morgan fingerprint density at radius 2 is 1.58 bits per heavy atom. The number of piperidine rings is 1. The number of fused-ring (bicyclic) bond motifs is 2. The fourth-order valence-electron chi connectivity index (χ4n) is 3.32. The van der Waals surface area contributed by atoms with Crippen molar-refractivity contribution in [3.05, 3.63) is 0 Å². The van der Waals surface area contributed by atoms with Crippen LogP contribution in [-0.2, 0) is 19.9 Å². The zero-order chi connectivity index (χ0) is 14.3. The molecule has 0 N–H and O–H groups in total. The van der Waals surface area contributed by atoms with E-state index in [9.17, 15) is 16.8 Å². The van der Waals surface area contributed by atoms with E-state index in [4.69, 9.17) is 0 Å². The summed E-state index contributed by atoms with van der Waals surface area (Å²) in [4.78, 5) is 0. The molecule has 0 saturated carbocycles. The zero-order valence-corrected chi connectivity index (χ0v) is 13.2. The summed E-state index contributed by atoms with van der Waals surface area (Å²) in [6, 6.07) is -0.194. The quantitative estimate of drug-likeness (QED) is 0.764. The van der Waals surface area contributed by atoms with E-state index in [0.717, 1.165) is 19.3 Å². The van der Waals surface area contributed by atoms with Gasteiger partial charge in [0, 0.05) is 18.3 Å². The van der Waals surface area contributed by atoms with Crippen molar-refractivity contribution in [2.75, 3.05) is 12.0 Å². The van der Waals surface area contributed by atoms with E-state index < -0.39 is 19.9 Å². The number of sulfonamides is 1. The monoisotopic (exact) mass is 309 g/mol. The Kier molecular flexibility index (Phi) is 4.28. The fourth-order valence-corrected chi connectivity index (χ4v) is 6.62. The molecule has 2 atom stereocenters. The lowest BCUT2D eigenvalue weighted by Crippen LogP contribution is -2.50. The van der Waals surface area contributed by atoms with Crippen LogP contribution in [0.5, 0.6) is 0 Å². The van der Waals surface area contributed by atoms with Gasteiger partial charge in [0.05, 0.1) is 11.0 Å². The minimum atomic E-state index is -3.21. The maximum atomic E-state index is 12.3. The standard InChI is InChI=1S/C12H23NO4S2/c1-3-4-7-19(16,17)13-10-5-6-11(13)9-12(8-10)18(2,14)15/h10-12H,3-9H2,1-2H3. The van der Waals surface area contributed by atoms with Gasteiger partial charge < -0.3 is 0 Å². The molecule has 2 fully saturated rings. The lowest BCUT2D eigenvalue weighted by atomic mass is 10.1. The van der Waals surface area contributed by atoms with Crippen LogP contribution in [0, 0.1) is 0 Å². The third-order valence-electron chi connectivity index (χ3n) is 4.31. The average molecular weight is 309 g/mol. The second-order valence-electron chi connectivity index (χ2n) is 5.81. The number of sulfone groups is 1. The Hall–Kier alpha value is -0.140. The summed E-state index contributed by atoms with van der Waals surface area (Å²) in [5.41, 5.74) is 0. The third-order valence-corrected chi connectivity index (χ3v) is 7.94. The van der Waals surface area contributed by atoms with Crippen molar-refractivity contribution in [3.63, 3.8) is 0 Å². The molecule has 19 heavy (non-hydrogen) atoms. The van der Waals surface area contributed by atoms with Crippen LogP contribution in [-0.4, -0.2) is 50.5 Å². The van der Waals surface area contributed by atoms with Crippen molar-refractivity contribution in [1.29, 1.82) is 0 Å². The molecule has 2 heterocycles. The van der Waals surface area contributed by atoms with Crippen molar-refractivity contribution in [3.8, 4) is 0 Å². The van der Waals surface area contributed by atoms with Gasteiger partial charge in [-0.25, -0.2) is 16.8 Å². The number of hydrogen-bond donors (Lipinski definition) is 0. The van der Waals surface area contributed by atoms with Crippen LogP contribution in [0.4, 0.5) is 0 Å². The largest absolute Gasteiger partial charge is 0.229 e. The van der Waals surface area contributed by atoms with Gasteiger partial charge in [-0.05, 0) is 32.1 Å². The topological polar surface area (TPSA) is 71.5 Å². The van der Waals surface area contributed by atoms with Crippen molar-refractivity contribution in [1.82, 2.24) is 4.31 Å². The number of unbranched alkanes of at least 4 members (excludes halogenated alkanes) is 1. The Morgan fingerprint density at radius 1 is 1.05 bits per heavy atom. The second kappa shape index (κ2) is 5.33. The highest BCUT2D eigenvalue weighted by Crippen LogP contribution is 2.40. The van der Waals surface area contributed by atoms with E-state index >= 15 is 0 Å². The van der Waals surface area contributed by atoms with E-state index in [1.165, 1.54) is 6.26 Å². The Labute approximate surface area is 116 Å². The zero-order valence-electron chi connectivity index (χ0n) is 11.6. The van der Waals surface area contributed by atoms with E-state index in [0.29, 0.717) is 19.3 Å². The first-order valence-corrected chi connectivity index (χ1v) is 10.5. The predicted molar refractivity (Wildman–Crippen MR) is 75.2 cm³/mol. The molecule has 5 nitrogen and oxygen atoms in total. The molecular weight excluding hydrogens is 286 g/mol. The fraction of sp³-hybridized carbons (Fsp3) is 1.00. The van der Waals surface area contributed by atoms with Gasteiger partial charge >= 0.3 is 0 Å². The van der Waals surface area contributed by atoms with Crippen LogP contribution in [0.15, 0.2) is 0 Å². The molecule has 7 heteroatoms. The highest BCUT2D eigenvalue weighted by molar-refractivity contribution is 7.91. The molecular formula is C12H23NO4S2. The highest BCUT2D eigenvalue weighted by atomic mass is 32.2. The minimum absolute atomic E-state index is 0.0969. The SMILES string of the molecule is CCCCS(=O)(=O)N1C2CCC1CC(S(C)(=O)=O)C2. The molecule has 0 amide bonds. The molecule has 2 rings (SSSR count). The van der Waals surface area contributed by atoms with Crippen molar-refractivity contribution in [2.24, 2.45) is 0 Å². The molecule has 2 unspecified atom stereocenters. The first-order valence-electron chi connectivity index (χ1n) is 6.95. The summed E-state index contributed by atoms with van der Waals surface area (Å²) < 4.78 is 49.6. The van der Waals surface area contributed by atoms with Crippen LogP contribution in [0.2, 0.25) is 0 Å². The van der Waals surface area contributed by atoms with Crippen LogP contribution >= 0.6 is 0 Å². The van der Waals surface area contributed by atoms with E-state index in [2.05, 4.69) is 0 Å². The highest BCUT2D eigenvalue weighted by Gasteiger charge is 2.48. The van der Waals surface area contributed by atoms with Crippen LogP contribution in [0.1, 0.15) is 45.4 Å². The summed E-state index contributed by atoms with van der Waals surface area (Å²) in [7, 11) is -6.27. The van der Waals surface area contributed by atoms with Gasteiger partial charge in [0.15, 0.2) is 0 Å². The molecule has 2 saturated heterocycles. The predicted octanol–water partition coefficient (Wildman–Crippen LogP) is 1.16. The molecule has 112 valence electrons. The Balaban J connectivity index is 2.16. The molecule has 0 aromatic carbocycles. The van der Waals surface area contributed by atoms with Gasteiger partial charge in [-0.1, -0.05) is 13.3 Å². The smallest absolute Gasteiger partial charge is 0.214 e. The van der Waals surface area contributed by atoms with E-state index in [1.807, 2.05) is 6.92 Å². The summed E-state index contributed by atoms with van der Waals surface area (Å²) in [5, 5.41) is -0.359. The van der Waals surface area contributed by atoms with Crippen molar-refractivity contribution >= 4 is 19.9 Å². The molecule has 2 aliphatic heterocycles. The van der Waals surface area contributed by atoms with Gasteiger partial charge in [-0.3, -0.25) is 0 Å². The molecule has 0 radical (unpaired) electrons. The van der Waals surface area contributed by atoms with Gasteiger partial charge in [-0.2, -0.15) is 4.31 Å². The molecule has 0 aliphatic carbocycles. The van der Waals surface area contributed by atoms with Gasteiger partial charge in [0.1, 0.15) is 9.84 Å². The van der Waals surface area contributed by atoms with Gasteiger partial charge in [0.25, 0.3) is 0 Å². The van der Waals surface area contributed by atoms with Gasteiger partial charge in [-0.15, -0.1) is 0 Å². The molecule has 2 aliphatic rings. The lowest BCUT2D eigenvalue weighted by molar-refractivity contribution is 0.249. The maximum Gasteiger partial charge on any atom is 0.214 e. The first kappa shape index (κ1) is 15.3. The molecule has 0 aromatic rings. The van der Waals surface area contributed by atoms with Crippen LogP contribution in [0.25, 0.3) is 0 Å². The van der Waals surface area contributed by atoms with Crippen molar-refractivity contribution < 1.29 is 16.8 Å². The van der Waals surface area contributed by atoms with Crippen molar-refractivity contribution in [2.45, 2.75) is 62.8 Å². The first-order chi connectivity index (χ1) is 8.75. The average Bonchev–Trinajstić information content (AvgIpc) is 2.58.